The molecule has 0 aliphatic heterocycles. The molecular formula is C12H21N5O2. The van der Waals surface area contributed by atoms with Crippen molar-refractivity contribution in [2.24, 2.45) is 16.5 Å². The predicted molar refractivity (Wildman–Crippen MR) is 74.7 cm³/mol. The lowest BCUT2D eigenvalue weighted by atomic mass is 10.3. The molecule has 0 spiro atoms. The molecule has 0 aromatic carbocycles. The van der Waals surface area contributed by atoms with Crippen LogP contribution >= 0.6 is 0 Å². The van der Waals surface area contributed by atoms with Crippen molar-refractivity contribution in [3.63, 3.8) is 0 Å². The fourth-order valence-corrected chi connectivity index (χ4v) is 1.33. The third kappa shape index (κ3) is 5.45. The number of hydrogen-bond acceptors (Lipinski definition) is 5. The molecule has 2 atom stereocenters. The summed E-state index contributed by atoms with van der Waals surface area (Å²) < 4.78 is 0. The number of primary amides is 1. The second-order valence-electron chi connectivity index (χ2n) is 3.92. The number of rotatable bonds is 8. The lowest BCUT2D eigenvalue weighted by Crippen LogP contribution is -2.46. The van der Waals surface area contributed by atoms with Crippen LogP contribution < -0.4 is 11.5 Å². The third-order valence-electron chi connectivity index (χ3n) is 2.60. The van der Waals surface area contributed by atoms with Crippen molar-refractivity contribution in [2.45, 2.75) is 25.7 Å². The van der Waals surface area contributed by atoms with Gasteiger partial charge in [-0.1, -0.05) is 13.2 Å². The van der Waals surface area contributed by atoms with Crippen LogP contribution in [0.25, 0.3) is 0 Å². The monoisotopic (exact) mass is 267 g/mol. The maximum absolute atomic E-state index is 10.8. The van der Waals surface area contributed by atoms with E-state index in [4.69, 9.17) is 11.5 Å². The maximum Gasteiger partial charge on any atom is 0.220 e. The lowest BCUT2D eigenvalue weighted by molar-refractivity contribution is -0.119. The van der Waals surface area contributed by atoms with E-state index in [1.807, 2.05) is 0 Å². The zero-order valence-corrected chi connectivity index (χ0v) is 11.3. The molecule has 7 heteroatoms. The van der Waals surface area contributed by atoms with E-state index in [9.17, 15) is 9.59 Å². The number of amides is 2. The largest absolute Gasteiger partial charge is 0.370 e. The molecule has 0 aliphatic carbocycles. The Kier molecular flexibility index (Phi) is 7.32. The molecule has 4 N–H and O–H groups in total. The first-order valence-corrected chi connectivity index (χ1v) is 5.69. The van der Waals surface area contributed by atoms with E-state index in [1.165, 1.54) is 17.2 Å². The summed E-state index contributed by atoms with van der Waals surface area (Å²) in [6, 6.07) is 0. The van der Waals surface area contributed by atoms with Gasteiger partial charge in [-0.05, 0) is 20.0 Å². The number of nitrogens with two attached hydrogens (primary N) is 2. The lowest BCUT2D eigenvalue weighted by Gasteiger charge is -2.28. The topological polar surface area (TPSA) is 105 Å². The molecule has 0 aromatic rings. The van der Waals surface area contributed by atoms with Crippen molar-refractivity contribution < 1.29 is 9.59 Å². The van der Waals surface area contributed by atoms with Gasteiger partial charge in [-0.25, -0.2) is 4.99 Å². The summed E-state index contributed by atoms with van der Waals surface area (Å²) >= 11 is 0. The van der Waals surface area contributed by atoms with E-state index in [2.05, 4.69) is 18.2 Å². The number of hydrogen-bond donors (Lipinski definition) is 2. The molecule has 0 fully saturated rings. The Morgan fingerprint density at radius 2 is 2.05 bits per heavy atom. The summed E-state index contributed by atoms with van der Waals surface area (Å²) in [4.78, 5) is 28.7. The van der Waals surface area contributed by atoms with Crippen LogP contribution in [0.5, 0.6) is 0 Å². The second kappa shape index (κ2) is 8.17. The molecule has 19 heavy (non-hydrogen) atoms. The van der Waals surface area contributed by atoms with Crippen LogP contribution in [-0.2, 0) is 9.59 Å². The van der Waals surface area contributed by atoms with Gasteiger partial charge in [0.2, 0.25) is 12.3 Å². The van der Waals surface area contributed by atoms with Gasteiger partial charge in [0, 0.05) is 6.20 Å². The van der Waals surface area contributed by atoms with Gasteiger partial charge in [0.1, 0.15) is 12.0 Å². The summed E-state index contributed by atoms with van der Waals surface area (Å²) in [5, 5.41) is 0. The molecule has 106 valence electrons. The smallest absolute Gasteiger partial charge is 0.220 e. The summed E-state index contributed by atoms with van der Waals surface area (Å²) in [5.74, 6) is -0.143. The van der Waals surface area contributed by atoms with E-state index in [1.54, 1.807) is 18.9 Å². The minimum atomic E-state index is -0.546. The quantitative estimate of drug-likeness (QED) is 0.270. The Morgan fingerprint density at radius 1 is 1.47 bits per heavy atom. The molecule has 0 aliphatic rings. The van der Waals surface area contributed by atoms with Crippen LogP contribution in [0, 0.1) is 0 Å². The number of amidine groups is 1. The van der Waals surface area contributed by atoms with E-state index in [-0.39, 0.29) is 12.6 Å². The Morgan fingerprint density at radius 3 is 2.42 bits per heavy atom. The van der Waals surface area contributed by atoms with Crippen molar-refractivity contribution in [3.8, 4) is 0 Å². The second-order valence-corrected chi connectivity index (χ2v) is 3.92. The van der Waals surface area contributed by atoms with Crippen LogP contribution in [0.15, 0.2) is 30.4 Å². The summed E-state index contributed by atoms with van der Waals surface area (Å²) in [5.41, 5.74) is 10.9. The normalized spacial score (nSPS) is 14.6. The average Bonchev–Trinajstić information content (AvgIpc) is 2.36. The van der Waals surface area contributed by atoms with Crippen LogP contribution in [0.2, 0.25) is 0 Å². The van der Waals surface area contributed by atoms with Crippen molar-refractivity contribution >= 4 is 18.2 Å². The minimum Gasteiger partial charge on any atom is -0.370 e. The Balaban J connectivity index is 4.92. The van der Waals surface area contributed by atoms with Gasteiger partial charge in [0.05, 0.1) is 12.6 Å². The molecule has 0 saturated carbocycles. The van der Waals surface area contributed by atoms with E-state index in [0.29, 0.717) is 12.2 Å². The highest BCUT2D eigenvalue weighted by atomic mass is 16.1. The minimum absolute atomic E-state index is 0.0264. The first kappa shape index (κ1) is 17.0. The van der Waals surface area contributed by atoms with Gasteiger partial charge in [-0.15, -0.1) is 0 Å². The molecule has 7 nitrogen and oxygen atoms in total. The summed E-state index contributed by atoms with van der Waals surface area (Å²) in [6.07, 6.45) is 2.45. The van der Waals surface area contributed by atoms with Gasteiger partial charge in [0.25, 0.3) is 0 Å². The van der Waals surface area contributed by atoms with Crippen molar-refractivity contribution in [1.29, 1.82) is 0 Å². The number of carbonyl (C=O) groups is 2. The van der Waals surface area contributed by atoms with E-state index < -0.39 is 12.1 Å². The molecule has 0 rings (SSSR count). The first-order valence-electron chi connectivity index (χ1n) is 5.69. The molecule has 2 amide bonds. The van der Waals surface area contributed by atoms with Crippen LogP contribution in [0.1, 0.15) is 13.3 Å². The van der Waals surface area contributed by atoms with Gasteiger partial charge < -0.3 is 11.5 Å². The predicted octanol–water partition coefficient (Wildman–Crippen LogP) is -0.389. The number of carbonyl (C=O) groups excluding carboxylic acids is 2. The van der Waals surface area contributed by atoms with Gasteiger partial charge in [0.15, 0.2) is 0 Å². The summed E-state index contributed by atoms with van der Waals surface area (Å²) in [6.45, 7) is 8.85. The molecular weight excluding hydrogens is 246 g/mol. The molecule has 0 heterocycles. The molecule has 0 radical (unpaired) electrons. The average molecular weight is 267 g/mol. The van der Waals surface area contributed by atoms with Crippen LogP contribution in [0.3, 0.4) is 0 Å². The zero-order valence-electron chi connectivity index (χ0n) is 11.3. The molecule has 0 bridgehead atoms. The van der Waals surface area contributed by atoms with E-state index in [0.717, 1.165) is 0 Å². The van der Waals surface area contributed by atoms with Crippen molar-refractivity contribution in [3.05, 3.63) is 25.4 Å². The molecule has 2 unspecified atom stereocenters. The van der Waals surface area contributed by atoms with Crippen LogP contribution in [-0.4, -0.2) is 47.3 Å². The maximum atomic E-state index is 10.8. The highest BCUT2D eigenvalue weighted by molar-refractivity contribution is 5.99. The Hall–Kier alpha value is -1.99. The SMILES string of the molecule is C=C/C(=N/C(C)N(C)C(N)CC(N)=O)N(C=C)C=O. The number of aliphatic imine (C=N–C) groups is 1. The summed E-state index contributed by atoms with van der Waals surface area (Å²) in [7, 11) is 1.71. The third-order valence-corrected chi connectivity index (χ3v) is 2.60. The molecule has 0 saturated heterocycles. The Bertz CT molecular complexity index is 372. The van der Waals surface area contributed by atoms with Crippen LogP contribution in [0.4, 0.5) is 0 Å². The zero-order chi connectivity index (χ0) is 15.0. The van der Waals surface area contributed by atoms with E-state index >= 15 is 0 Å². The highest BCUT2D eigenvalue weighted by Gasteiger charge is 2.18. The molecule has 0 aromatic heterocycles. The van der Waals surface area contributed by atoms with Gasteiger partial charge in [-0.2, -0.15) is 0 Å². The van der Waals surface area contributed by atoms with Crippen molar-refractivity contribution in [2.75, 3.05) is 7.05 Å². The Labute approximate surface area is 113 Å². The van der Waals surface area contributed by atoms with Gasteiger partial charge >= 0.3 is 0 Å². The highest BCUT2D eigenvalue weighted by Crippen LogP contribution is 2.05. The first-order chi connectivity index (χ1) is 8.87. The number of nitrogens with zero attached hydrogens (tertiary/aromatic N) is 3. The van der Waals surface area contributed by atoms with Gasteiger partial charge in [-0.3, -0.25) is 19.4 Å². The fourth-order valence-electron chi connectivity index (χ4n) is 1.33. The fraction of sp³-hybridized carbons (Fsp3) is 0.417. The standard InChI is InChI=1S/C12H21N5O2/c1-5-12(17(6-2)8-18)15-9(3)16(4)10(13)7-11(14)19/h5-6,8-10H,1-2,7,13H2,3-4H3,(H2,14,19)/b15-12-. The van der Waals surface area contributed by atoms with Crippen molar-refractivity contribution in [1.82, 2.24) is 9.80 Å².